The van der Waals surface area contributed by atoms with Crippen LogP contribution in [-0.2, 0) is 9.53 Å². The number of hydrogen-bond donors (Lipinski definition) is 1. The SMILES string of the molecule is COC1CCC2=CC(=O)C(O)CC21C. The first-order chi connectivity index (χ1) is 6.58. The van der Waals surface area contributed by atoms with Gasteiger partial charge in [0.2, 0.25) is 0 Å². The fourth-order valence-electron chi connectivity index (χ4n) is 2.75. The predicted molar refractivity (Wildman–Crippen MR) is 51.9 cm³/mol. The lowest BCUT2D eigenvalue weighted by Crippen LogP contribution is -2.39. The van der Waals surface area contributed by atoms with Crippen molar-refractivity contribution >= 4 is 5.78 Å². The van der Waals surface area contributed by atoms with Crippen LogP contribution in [-0.4, -0.2) is 30.2 Å². The van der Waals surface area contributed by atoms with Gasteiger partial charge in [0.1, 0.15) is 6.10 Å². The first-order valence-electron chi connectivity index (χ1n) is 5.03. The molecule has 0 spiro atoms. The van der Waals surface area contributed by atoms with Gasteiger partial charge in [0, 0.05) is 12.5 Å². The minimum absolute atomic E-state index is 0.123. The number of ketones is 1. The van der Waals surface area contributed by atoms with Crippen molar-refractivity contribution in [3.8, 4) is 0 Å². The Hall–Kier alpha value is -0.670. The summed E-state index contributed by atoms with van der Waals surface area (Å²) in [6.45, 7) is 2.08. The van der Waals surface area contributed by atoms with Crippen LogP contribution in [0.3, 0.4) is 0 Å². The van der Waals surface area contributed by atoms with Crippen molar-refractivity contribution in [3.05, 3.63) is 11.6 Å². The Bertz CT molecular complexity index is 295. The van der Waals surface area contributed by atoms with Gasteiger partial charge in [-0.25, -0.2) is 0 Å². The lowest BCUT2D eigenvalue weighted by Gasteiger charge is -2.36. The number of rotatable bonds is 1. The molecule has 0 aromatic heterocycles. The van der Waals surface area contributed by atoms with Gasteiger partial charge in [0.25, 0.3) is 0 Å². The Morgan fingerprint density at radius 1 is 1.64 bits per heavy atom. The zero-order valence-corrected chi connectivity index (χ0v) is 8.62. The van der Waals surface area contributed by atoms with Gasteiger partial charge in [-0.05, 0) is 25.3 Å². The van der Waals surface area contributed by atoms with Crippen LogP contribution in [0.2, 0.25) is 0 Å². The van der Waals surface area contributed by atoms with Crippen molar-refractivity contribution in [2.45, 2.75) is 38.4 Å². The molecule has 2 aliphatic carbocycles. The Morgan fingerprint density at radius 3 is 3.00 bits per heavy atom. The molecular weight excluding hydrogens is 180 g/mol. The molecule has 0 amide bonds. The van der Waals surface area contributed by atoms with Crippen molar-refractivity contribution < 1.29 is 14.6 Å². The molecule has 3 atom stereocenters. The van der Waals surface area contributed by atoms with E-state index in [0.717, 1.165) is 18.4 Å². The maximum atomic E-state index is 11.3. The molecule has 0 aromatic rings. The Morgan fingerprint density at radius 2 is 2.36 bits per heavy atom. The highest BCUT2D eigenvalue weighted by atomic mass is 16.5. The molecule has 3 heteroatoms. The molecule has 14 heavy (non-hydrogen) atoms. The van der Waals surface area contributed by atoms with E-state index in [1.165, 1.54) is 0 Å². The zero-order valence-electron chi connectivity index (χ0n) is 8.62. The number of hydrogen-bond acceptors (Lipinski definition) is 3. The van der Waals surface area contributed by atoms with Gasteiger partial charge in [-0.2, -0.15) is 0 Å². The van der Waals surface area contributed by atoms with E-state index in [9.17, 15) is 9.90 Å². The molecular formula is C11H16O3. The number of carbonyl (C=O) groups excluding carboxylic acids is 1. The highest BCUT2D eigenvalue weighted by Crippen LogP contribution is 2.49. The molecule has 1 saturated carbocycles. The van der Waals surface area contributed by atoms with Gasteiger partial charge < -0.3 is 9.84 Å². The number of aliphatic hydroxyl groups excluding tert-OH is 1. The molecule has 0 saturated heterocycles. The van der Waals surface area contributed by atoms with Crippen molar-refractivity contribution in [3.63, 3.8) is 0 Å². The van der Waals surface area contributed by atoms with Crippen LogP contribution in [0.25, 0.3) is 0 Å². The number of methoxy groups -OCH3 is 1. The van der Waals surface area contributed by atoms with E-state index in [0.29, 0.717) is 6.42 Å². The molecule has 0 heterocycles. The maximum absolute atomic E-state index is 11.3. The molecule has 1 fully saturated rings. The highest BCUT2D eigenvalue weighted by molar-refractivity contribution is 5.95. The van der Waals surface area contributed by atoms with Gasteiger partial charge in [-0.1, -0.05) is 12.5 Å². The van der Waals surface area contributed by atoms with Crippen LogP contribution in [0.1, 0.15) is 26.2 Å². The lowest BCUT2D eigenvalue weighted by atomic mass is 9.73. The second kappa shape index (κ2) is 3.17. The average Bonchev–Trinajstić information content (AvgIpc) is 2.43. The normalized spacial score (nSPS) is 42.2. The third-order valence-corrected chi connectivity index (χ3v) is 3.67. The number of aliphatic hydroxyl groups is 1. The first kappa shape index (κ1) is 9.87. The summed E-state index contributed by atoms with van der Waals surface area (Å²) in [4.78, 5) is 11.3. The number of carbonyl (C=O) groups is 1. The van der Waals surface area contributed by atoms with Crippen LogP contribution < -0.4 is 0 Å². The van der Waals surface area contributed by atoms with E-state index < -0.39 is 6.10 Å². The van der Waals surface area contributed by atoms with Gasteiger partial charge in [0.15, 0.2) is 5.78 Å². The number of ether oxygens (including phenoxy) is 1. The summed E-state index contributed by atoms with van der Waals surface area (Å²) in [5.41, 5.74) is 1.03. The van der Waals surface area contributed by atoms with E-state index in [4.69, 9.17) is 4.74 Å². The fraction of sp³-hybridized carbons (Fsp3) is 0.727. The van der Waals surface area contributed by atoms with E-state index in [1.807, 2.05) is 0 Å². The average molecular weight is 196 g/mol. The zero-order chi connectivity index (χ0) is 10.3. The van der Waals surface area contributed by atoms with E-state index in [2.05, 4.69) is 6.92 Å². The molecule has 2 aliphatic rings. The molecule has 0 aromatic carbocycles. The minimum Gasteiger partial charge on any atom is -0.385 e. The lowest BCUT2D eigenvalue weighted by molar-refractivity contribution is -0.125. The summed E-state index contributed by atoms with van der Waals surface area (Å²) in [5.74, 6) is -0.144. The molecule has 0 radical (unpaired) electrons. The Kier molecular flexibility index (Phi) is 2.24. The van der Waals surface area contributed by atoms with Crippen LogP contribution >= 0.6 is 0 Å². The van der Waals surface area contributed by atoms with Crippen LogP contribution in [0.5, 0.6) is 0 Å². The van der Waals surface area contributed by atoms with Crippen LogP contribution in [0.4, 0.5) is 0 Å². The van der Waals surface area contributed by atoms with Gasteiger partial charge in [-0.15, -0.1) is 0 Å². The monoisotopic (exact) mass is 196 g/mol. The third kappa shape index (κ3) is 1.23. The van der Waals surface area contributed by atoms with Crippen molar-refractivity contribution in [1.82, 2.24) is 0 Å². The third-order valence-electron chi connectivity index (χ3n) is 3.67. The molecule has 1 N–H and O–H groups in total. The molecule has 3 nitrogen and oxygen atoms in total. The smallest absolute Gasteiger partial charge is 0.184 e. The van der Waals surface area contributed by atoms with E-state index >= 15 is 0 Å². The molecule has 0 aliphatic heterocycles. The van der Waals surface area contributed by atoms with Crippen LogP contribution in [0, 0.1) is 5.41 Å². The van der Waals surface area contributed by atoms with E-state index in [-0.39, 0.29) is 17.3 Å². The quantitative estimate of drug-likeness (QED) is 0.682. The second-order valence-electron chi connectivity index (χ2n) is 4.47. The van der Waals surface area contributed by atoms with Crippen LogP contribution in [0.15, 0.2) is 11.6 Å². The highest BCUT2D eigenvalue weighted by Gasteiger charge is 2.47. The summed E-state index contributed by atoms with van der Waals surface area (Å²) < 4.78 is 5.40. The van der Waals surface area contributed by atoms with Gasteiger partial charge >= 0.3 is 0 Å². The Balaban J connectivity index is 2.35. The largest absolute Gasteiger partial charge is 0.385 e. The van der Waals surface area contributed by atoms with Crippen molar-refractivity contribution in [2.75, 3.05) is 7.11 Å². The van der Waals surface area contributed by atoms with Crippen molar-refractivity contribution in [2.24, 2.45) is 5.41 Å². The first-order valence-corrected chi connectivity index (χ1v) is 5.03. The summed E-state index contributed by atoms with van der Waals surface area (Å²) in [6.07, 6.45) is 3.33. The summed E-state index contributed by atoms with van der Waals surface area (Å²) >= 11 is 0. The topological polar surface area (TPSA) is 46.5 Å². The van der Waals surface area contributed by atoms with E-state index in [1.54, 1.807) is 13.2 Å². The summed E-state index contributed by atoms with van der Waals surface area (Å²) in [6, 6.07) is 0. The predicted octanol–water partition coefficient (Wildman–Crippen LogP) is 1.06. The minimum atomic E-state index is -0.834. The molecule has 3 unspecified atom stereocenters. The second-order valence-corrected chi connectivity index (χ2v) is 4.47. The molecule has 78 valence electrons. The Labute approximate surface area is 83.8 Å². The van der Waals surface area contributed by atoms with Gasteiger partial charge in [0.05, 0.1) is 6.10 Å². The van der Waals surface area contributed by atoms with Crippen molar-refractivity contribution in [1.29, 1.82) is 0 Å². The fourth-order valence-corrected chi connectivity index (χ4v) is 2.75. The maximum Gasteiger partial charge on any atom is 0.184 e. The summed E-state index contributed by atoms with van der Waals surface area (Å²) in [7, 11) is 1.70. The summed E-state index contributed by atoms with van der Waals surface area (Å²) in [5, 5.41) is 9.55. The van der Waals surface area contributed by atoms with Gasteiger partial charge in [-0.3, -0.25) is 4.79 Å². The standard InChI is InChI=1S/C11H16O3/c1-11-6-9(13)8(12)5-7(11)3-4-10(11)14-2/h5,9-10,13H,3-4,6H2,1-2H3. The number of fused-ring (bicyclic) bond motifs is 1. The molecule has 2 rings (SSSR count). The molecule has 0 bridgehead atoms.